The van der Waals surface area contributed by atoms with E-state index in [9.17, 15) is 18.0 Å². The van der Waals surface area contributed by atoms with E-state index in [0.717, 1.165) is 9.18 Å². The molecule has 1 aliphatic rings. The van der Waals surface area contributed by atoms with Crippen LogP contribution in [-0.2, 0) is 26.0 Å². The van der Waals surface area contributed by atoms with Gasteiger partial charge in [-0.1, -0.05) is 24.3 Å². The molecule has 0 radical (unpaired) electrons. The Morgan fingerprint density at radius 1 is 1.22 bits per heavy atom. The molecule has 0 bridgehead atoms. The Hall–Kier alpha value is -2.23. The SMILES string of the molecule is O=C(C[C@@H]1C(=O)NCCN1S(=O)(=O)c1ccccc1)NCCc1cccs1. The van der Waals surface area contributed by atoms with Crippen molar-refractivity contribution < 1.29 is 18.0 Å². The Bertz CT molecular complexity index is 883. The topological polar surface area (TPSA) is 95.6 Å². The van der Waals surface area contributed by atoms with Gasteiger partial charge < -0.3 is 10.6 Å². The van der Waals surface area contributed by atoms with Gasteiger partial charge in [0, 0.05) is 24.5 Å². The number of benzene rings is 1. The lowest BCUT2D eigenvalue weighted by atomic mass is 10.1. The highest BCUT2D eigenvalue weighted by Crippen LogP contribution is 2.21. The summed E-state index contributed by atoms with van der Waals surface area (Å²) in [4.78, 5) is 25.8. The highest BCUT2D eigenvalue weighted by Gasteiger charge is 2.39. The molecule has 0 spiro atoms. The molecule has 1 atom stereocenters. The highest BCUT2D eigenvalue weighted by atomic mass is 32.2. The summed E-state index contributed by atoms with van der Waals surface area (Å²) in [6, 6.07) is 10.8. The van der Waals surface area contributed by atoms with Gasteiger partial charge in [0.15, 0.2) is 0 Å². The van der Waals surface area contributed by atoms with Crippen LogP contribution in [0, 0.1) is 0 Å². The van der Waals surface area contributed by atoms with Crippen LogP contribution in [0.25, 0.3) is 0 Å². The summed E-state index contributed by atoms with van der Waals surface area (Å²) >= 11 is 1.61. The van der Waals surface area contributed by atoms with E-state index >= 15 is 0 Å². The largest absolute Gasteiger partial charge is 0.356 e. The molecule has 1 aromatic carbocycles. The molecule has 7 nitrogen and oxygen atoms in total. The molecule has 2 aromatic rings. The van der Waals surface area contributed by atoms with Crippen LogP contribution < -0.4 is 10.6 Å². The second kappa shape index (κ2) is 8.64. The zero-order valence-electron chi connectivity index (χ0n) is 14.6. The zero-order valence-corrected chi connectivity index (χ0v) is 16.3. The third-order valence-electron chi connectivity index (χ3n) is 4.28. The summed E-state index contributed by atoms with van der Waals surface area (Å²) in [6.45, 7) is 0.802. The van der Waals surface area contributed by atoms with Crippen LogP contribution in [0.3, 0.4) is 0 Å². The minimum atomic E-state index is -3.85. The smallest absolute Gasteiger partial charge is 0.243 e. The van der Waals surface area contributed by atoms with Crippen LogP contribution >= 0.6 is 11.3 Å². The van der Waals surface area contributed by atoms with Gasteiger partial charge >= 0.3 is 0 Å². The fraction of sp³-hybridized carbons (Fsp3) is 0.333. The molecule has 2 N–H and O–H groups in total. The number of hydrogen-bond donors (Lipinski definition) is 2. The van der Waals surface area contributed by atoms with Gasteiger partial charge in [0.1, 0.15) is 6.04 Å². The normalized spacial score (nSPS) is 18.1. The van der Waals surface area contributed by atoms with Gasteiger partial charge in [-0.05, 0) is 30.0 Å². The van der Waals surface area contributed by atoms with E-state index in [1.807, 2.05) is 17.5 Å². The molecular formula is C18H21N3O4S2. The Labute approximate surface area is 162 Å². The summed E-state index contributed by atoms with van der Waals surface area (Å²) in [5.41, 5.74) is 0. The molecule has 1 aliphatic heterocycles. The van der Waals surface area contributed by atoms with Crippen molar-refractivity contribution in [2.75, 3.05) is 19.6 Å². The number of hydrogen-bond acceptors (Lipinski definition) is 5. The first-order valence-corrected chi connectivity index (χ1v) is 10.9. The fourth-order valence-electron chi connectivity index (χ4n) is 2.93. The van der Waals surface area contributed by atoms with Crippen LogP contribution in [0.1, 0.15) is 11.3 Å². The number of sulfonamides is 1. The van der Waals surface area contributed by atoms with Crippen LogP contribution in [-0.4, -0.2) is 50.2 Å². The Kier molecular flexibility index (Phi) is 6.25. The Morgan fingerprint density at radius 2 is 2.00 bits per heavy atom. The van der Waals surface area contributed by atoms with Crippen LogP contribution in [0.2, 0.25) is 0 Å². The summed E-state index contributed by atoms with van der Waals surface area (Å²) in [5.74, 6) is -0.795. The molecule has 1 aromatic heterocycles. The van der Waals surface area contributed by atoms with Crippen molar-refractivity contribution in [1.29, 1.82) is 0 Å². The number of nitrogens with one attached hydrogen (secondary N) is 2. The number of rotatable bonds is 7. The van der Waals surface area contributed by atoms with Crippen molar-refractivity contribution in [1.82, 2.24) is 14.9 Å². The minimum absolute atomic E-state index is 0.114. The van der Waals surface area contributed by atoms with Gasteiger partial charge in [-0.15, -0.1) is 11.3 Å². The molecule has 2 heterocycles. The van der Waals surface area contributed by atoms with E-state index in [0.29, 0.717) is 13.0 Å². The number of nitrogens with zero attached hydrogens (tertiary/aromatic N) is 1. The average molecular weight is 408 g/mol. The van der Waals surface area contributed by atoms with Crippen molar-refractivity contribution in [3.05, 3.63) is 52.7 Å². The summed E-state index contributed by atoms with van der Waals surface area (Å²) in [7, 11) is -3.85. The van der Waals surface area contributed by atoms with Gasteiger partial charge in [-0.2, -0.15) is 4.31 Å². The molecule has 9 heteroatoms. The summed E-state index contributed by atoms with van der Waals surface area (Å²) in [6.07, 6.45) is 0.495. The third-order valence-corrected chi connectivity index (χ3v) is 7.14. The van der Waals surface area contributed by atoms with Crippen molar-refractivity contribution in [3.63, 3.8) is 0 Å². The van der Waals surface area contributed by atoms with Crippen LogP contribution in [0.4, 0.5) is 0 Å². The minimum Gasteiger partial charge on any atom is -0.356 e. The maximum absolute atomic E-state index is 12.9. The monoisotopic (exact) mass is 407 g/mol. The molecule has 3 rings (SSSR count). The second-order valence-corrected chi connectivity index (χ2v) is 9.04. The zero-order chi connectivity index (χ0) is 19.3. The van der Waals surface area contributed by atoms with E-state index in [4.69, 9.17) is 0 Å². The Balaban J connectivity index is 1.67. The van der Waals surface area contributed by atoms with Crippen molar-refractivity contribution in [2.45, 2.75) is 23.8 Å². The predicted octanol–water partition coefficient (Wildman–Crippen LogP) is 0.986. The second-order valence-electron chi connectivity index (χ2n) is 6.12. The predicted molar refractivity (Wildman–Crippen MR) is 103 cm³/mol. The van der Waals surface area contributed by atoms with E-state index in [1.54, 1.807) is 29.5 Å². The van der Waals surface area contributed by atoms with Crippen molar-refractivity contribution in [2.24, 2.45) is 0 Å². The summed E-state index contributed by atoms with van der Waals surface area (Å²) in [5, 5.41) is 7.38. The van der Waals surface area contributed by atoms with E-state index < -0.39 is 22.0 Å². The molecular weight excluding hydrogens is 386 g/mol. The fourth-order valence-corrected chi connectivity index (χ4v) is 5.25. The number of piperazine rings is 1. The van der Waals surface area contributed by atoms with E-state index in [2.05, 4.69) is 10.6 Å². The van der Waals surface area contributed by atoms with Gasteiger partial charge in [-0.3, -0.25) is 9.59 Å². The maximum Gasteiger partial charge on any atom is 0.243 e. The average Bonchev–Trinajstić information content (AvgIpc) is 3.17. The standard InChI is InChI=1S/C18H21N3O4S2/c22-17(19-9-8-14-5-4-12-26-14)13-16-18(23)20-10-11-21(16)27(24,25)15-6-2-1-3-7-15/h1-7,12,16H,8-11,13H2,(H,19,22)(H,20,23)/t16-/m1/s1. The number of carbonyl (C=O) groups is 2. The maximum atomic E-state index is 12.9. The first kappa shape index (κ1) is 19.5. The Morgan fingerprint density at radius 3 is 2.70 bits per heavy atom. The molecule has 0 aliphatic carbocycles. The number of amides is 2. The molecule has 0 saturated carbocycles. The lowest BCUT2D eigenvalue weighted by molar-refractivity contribution is -0.131. The molecule has 27 heavy (non-hydrogen) atoms. The lowest BCUT2D eigenvalue weighted by Crippen LogP contribution is -2.58. The first-order chi connectivity index (χ1) is 13.0. The molecule has 1 fully saturated rings. The molecule has 144 valence electrons. The highest BCUT2D eigenvalue weighted by molar-refractivity contribution is 7.89. The molecule has 2 amide bonds. The molecule has 0 unspecified atom stereocenters. The third kappa shape index (κ3) is 4.74. The van der Waals surface area contributed by atoms with Crippen molar-refractivity contribution in [3.8, 4) is 0 Å². The first-order valence-electron chi connectivity index (χ1n) is 8.62. The van der Waals surface area contributed by atoms with Crippen LogP contribution in [0.15, 0.2) is 52.7 Å². The number of thiophene rings is 1. The van der Waals surface area contributed by atoms with Gasteiger partial charge in [0.25, 0.3) is 0 Å². The van der Waals surface area contributed by atoms with Crippen LogP contribution in [0.5, 0.6) is 0 Å². The summed E-state index contributed by atoms with van der Waals surface area (Å²) < 4.78 is 26.9. The van der Waals surface area contributed by atoms with Gasteiger partial charge in [0.05, 0.1) is 11.3 Å². The lowest BCUT2D eigenvalue weighted by Gasteiger charge is -2.33. The number of carbonyl (C=O) groups excluding carboxylic acids is 2. The van der Waals surface area contributed by atoms with E-state index in [-0.39, 0.29) is 30.3 Å². The van der Waals surface area contributed by atoms with E-state index in [1.165, 1.54) is 12.1 Å². The quantitative estimate of drug-likeness (QED) is 0.715. The van der Waals surface area contributed by atoms with Crippen molar-refractivity contribution >= 4 is 33.2 Å². The van der Waals surface area contributed by atoms with Gasteiger partial charge in [0.2, 0.25) is 21.8 Å². The molecule has 1 saturated heterocycles. The van der Waals surface area contributed by atoms with Gasteiger partial charge in [-0.25, -0.2) is 8.42 Å².